The number of carboxylic acids is 2. The molecule has 0 saturated carbocycles. The van der Waals surface area contributed by atoms with Gasteiger partial charge in [-0.25, -0.2) is 4.79 Å². The molecular weight excluding hydrogens is 276 g/mol. The zero-order valence-electron chi connectivity index (χ0n) is 10.8. The second-order valence-corrected chi connectivity index (χ2v) is 4.34. The summed E-state index contributed by atoms with van der Waals surface area (Å²) in [6.07, 6.45) is 0.887. The van der Waals surface area contributed by atoms with Crippen molar-refractivity contribution in [1.82, 2.24) is 10.3 Å². The molecular formula is C14H12N2O5. The predicted octanol–water partition coefficient (Wildman–Crippen LogP) is 0.892. The third-order valence-electron chi connectivity index (χ3n) is 2.87. The summed E-state index contributed by atoms with van der Waals surface area (Å²) >= 11 is 0. The van der Waals surface area contributed by atoms with Crippen molar-refractivity contribution in [3.05, 3.63) is 42.1 Å². The van der Waals surface area contributed by atoms with Crippen LogP contribution in [0.15, 0.2) is 36.5 Å². The van der Waals surface area contributed by atoms with Crippen molar-refractivity contribution in [1.29, 1.82) is 0 Å². The Bertz CT molecular complexity index is 708. The van der Waals surface area contributed by atoms with Crippen LogP contribution in [0, 0.1) is 0 Å². The molecule has 2 aromatic rings. The van der Waals surface area contributed by atoms with Gasteiger partial charge in [0.2, 0.25) is 0 Å². The lowest BCUT2D eigenvalue weighted by molar-refractivity contribution is -0.145. The van der Waals surface area contributed by atoms with Crippen molar-refractivity contribution in [2.75, 3.05) is 0 Å². The molecule has 0 spiro atoms. The number of nitrogens with zero attached hydrogens (tertiary/aromatic N) is 1. The van der Waals surface area contributed by atoms with Gasteiger partial charge < -0.3 is 15.5 Å². The molecule has 0 radical (unpaired) electrons. The smallest absolute Gasteiger partial charge is 0.326 e. The molecule has 7 nitrogen and oxygen atoms in total. The molecule has 0 fully saturated rings. The van der Waals surface area contributed by atoms with Crippen molar-refractivity contribution in [2.24, 2.45) is 0 Å². The number of amides is 1. The molecule has 0 saturated heterocycles. The van der Waals surface area contributed by atoms with E-state index < -0.39 is 30.3 Å². The number of fused-ring (bicyclic) bond motifs is 1. The number of benzene rings is 1. The van der Waals surface area contributed by atoms with Gasteiger partial charge in [0.1, 0.15) is 6.04 Å². The zero-order chi connectivity index (χ0) is 15.4. The van der Waals surface area contributed by atoms with Crippen LogP contribution in [0.4, 0.5) is 0 Å². The fourth-order valence-electron chi connectivity index (χ4n) is 1.91. The number of carbonyl (C=O) groups excluding carboxylic acids is 1. The molecule has 21 heavy (non-hydrogen) atoms. The molecule has 1 amide bonds. The van der Waals surface area contributed by atoms with E-state index in [1.54, 1.807) is 30.5 Å². The number of carbonyl (C=O) groups is 3. The Kier molecular flexibility index (Phi) is 4.13. The van der Waals surface area contributed by atoms with Crippen molar-refractivity contribution < 1.29 is 24.6 Å². The van der Waals surface area contributed by atoms with Gasteiger partial charge in [0, 0.05) is 17.1 Å². The highest BCUT2D eigenvalue weighted by atomic mass is 16.4. The lowest BCUT2D eigenvalue weighted by Gasteiger charge is -2.13. The summed E-state index contributed by atoms with van der Waals surface area (Å²) in [5.41, 5.74) is 0.840. The second-order valence-electron chi connectivity index (χ2n) is 4.34. The Balaban J connectivity index is 2.29. The van der Waals surface area contributed by atoms with Crippen molar-refractivity contribution in [2.45, 2.75) is 12.5 Å². The largest absolute Gasteiger partial charge is 0.481 e. The minimum absolute atomic E-state index is 0.247. The molecule has 1 heterocycles. The van der Waals surface area contributed by atoms with E-state index in [2.05, 4.69) is 10.3 Å². The van der Waals surface area contributed by atoms with E-state index in [1.807, 2.05) is 0 Å². The van der Waals surface area contributed by atoms with Crippen LogP contribution in [-0.4, -0.2) is 39.1 Å². The monoisotopic (exact) mass is 288 g/mol. The fraction of sp³-hybridized carbons (Fsp3) is 0.143. The van der Waals surface area contributed by atoms with Gasteiger partial charge in [-0.2, -0.15) is 0 Å². The van der Waals surface area contributed by atoms with E-state index in [-0.39, 0.29) is 5.56 Å². The third kappa shape index (κ3) is 3.33. The van der Waals surface area contributed by atoms with Gasteiger partial charge >= 0.3 is 11.9 Å². The van der Waals surface area contributed by atoms with Crippen LogP contribution in [0.3, 0.4) is 0 Å². The number of carboxylic acid groups (broad SMARTS) is 2. The van der Waals surface area contributed by atoms with E-state index in [0.717, 1.165) is 0 Å². The molecule has 0 bridgehead atoms. The van der Waals surface area contributed by atoms with E-state index in [9.17, 15) is 14.4 Å². The number of hydrogen-bond donors (Lipinski definition) is 3. The normalized spacial score (nSPS) is 11.8. The van der Waals surface area contributed by atoms with Gasteiger partial charge in [0.05, 0.1) is 11.9 Å². The van der Waals surface area contributed by atoms with Gasteiger partial charge in [-0.3, -0.25) is 14.6 Å². The minimum Gasteiger partial charge on any atom is -0.481 e. The highest BCUT2D eigenvalue weighted by Crippen LogP contribution is 2.16. The quantitative estimate of drug-likeness (QED) is 0.752. The Morgan fingerprint density at radius 3 is 2.57 bits per heavy atom. The molecule has 0 aliphatic rings. The van der Waals surface area contributed by atoms with Crippen LogP contribution in [0.5, 0.6) is 0 Å². The SMILES string of the molecule is O=C(O)C[C@@H](NC(=O)c1cccc2ncccc12)C(=O)O. The summed E-state index contributed by atoms with van der Waals surface area (Å²) in [6.45, 7) is 0. The molecule has 1 aromatic carbocycles. The first kappa shape index (κ1) is 14.4. The van der Waals surface area contributed by atoms with Crippen LogP contribution in [0.1, 0.15) is 16.8 Å². The lowest BCUT2D eigenvalue weighted by Crippen LogP contribution is -2.42. The highest BCUT2D eigenvalue weighted by Gasteiger charge is 2.24. The summed E-state index contributed by atoms with van der Waals surface area (Å²) in [5, 5.41) is 20.4. The first-order valence-electron chi connectivity index (χ1n) is 6.08. The molecule has 0 aliphatic heterocycles. The van der Waals surface area contributed by atoms with Crippen molar-refractivity contribution >= 4 is 28.7 Å². The minimum atomic E-state index is -1.48. The molecule has 1 atom stereocenters. The Hall–Kier alpha value is -2.96. The van der Waals surface area contributed by atoms with Crippen LogP contribution in [0.25, 0.3) is 10.9 Å². The molecule has 2 rings (SSSR count). The summed E-state index contributed by atoms with van der Waals surface area (Å²) in [5.74, 6) is -3.35. The van der Waals surface area contributed by atoms with E-state index in [0.29, 0.717) is 10.9 Å². The number of rotatable bonds is 5. The van der Waals surface area contributed by atoms with Gasteiger partial charge in [-0.15, -0.1) is 0 Å². The Morgan fingerprint density at radius 2 is 1.90 bits per heavy atom. The standard InChI is InChI=1S/C14H12N2O5/c17-12(18)7-11(14(20)21)16-13(19)9-3-1-5-10-8(9)4-2-6-15-10/h1-6,11H,7H2,(H,16,19)(H,17,18)(H,20,21)/t11-/m1/s1. The van der Waals surface area contributed by atoms with Gasteiger partial charge in [0.15, 0.2) is 0 Å². The maximum Gasteiger partial charge on any atom is 0.326 e. The molecule has 3 N–H and O–H groups in total. The van der Waals surface area contributed by atoms with E-state index >= 15 is 0 Å². The van der Waals surface area contributed by atoms with Crippen LogP contribution < -0.4 is 5.32 Å². The number of aliphatic carboxylic acids is 2. The van der Waals surface area contributed by atoms with Gasteiger partial charge in [0.25, 0.3) is 5.91 Å². The number of pyridine rings is 1. The van der Waals surface area contributed by atoms with Crippen molar-refractivity contribution in [3.8, 4) is 0 Å². The molecule has 0 unspecified atom stereocenters. The van der Waals surface area contributed by atoms with Crippen molar-refractivity contribution in [3.63, 3.8) is 0 Å². The van der Waals surface area contributed by atoms with Gasteiger partial charge in [-0.05, 0) is 18.2 Å². The van der Waals surface area contributed by atoms with E-state index in [1.165, 1.54) is 6.07 Å². The Labute approximate surface area is 119 Å². The predicted molar refractivity (Wildman–Crippen MR) is 72.9 cm³/mol. The fourth-order valence-corrected chi connectivity index (χ4v) is 1.91. The summed E-state index contributed by atoms with van der Waals surface area (Å²) in [7, 11) is 0. The maximum absolute atomic E-state index is 12.2. The van der Waals surface area contributed by atoms with Gasteiger partial charge in [-0.1, -0.05) is 12.1 Å². The van der Waals surface area contributed by atoms with Crippen LogP contribution in [0.2, 0.25) is 0 Å². The number of hydrogen-bond acceptors (Lipinski definition) is 4. The number of nitrogens with one attached hydrogen (secondary N) is 1. The first-order valence-corrected chi connectivity index (χ1v) is 6.08. The summed E-state index contributed by atoms with van der Waals surface area (Å²) in [6, 6.07) is 6.73. The summed E-state index contributed by atoms with van der Waals surface area (Å²) < 4.78 is 0. The molecule has 108 valence electrons. The van der Waals surface area contributed by atoms with Crippen LogP contribution >= 0.6 is 0 Å². The average molecular weight is 288 g/mol. The second kappa shape index (κ2) is 6.00. The molecule has 1 aromatic heterocycles. The highest BCUT2D eigenvalue weighted by molar-refractivity contribution is 6.07. The van der Waals surface area contributed by atoms with E-state index in [4.69, 9.17) is 10.2 Å². The average Bonchev–Trinajstić information content (AvgIpc) is 2.45. The summed E-state index contributed by atoms with van der Waals surface area (Å²) in [4.78, 5) is 37.9. The zero-order valence-corrected chi connectivity index (χ0v) is 10.8. The third-order valence-corrected chi connectivity index (χ3v) is 2.87. The topological polar surface area (TPSA) is 117 Å². The lowest BCUT2D eigenvalue weighted by atomic mass is 10.1. The molecule has 0 aliphatic carbocycles. The maximum atomic E-state index is 12.2. The number of aromatic nitrogens is 1. The molecule has 7 heteroatoms. The first-order chi connectivity index (χ1) is 9.99. The Morgan fingerprint density at radius 1 is 1.14 bits per heavy atom. The van der Waals surface area contributed by atoms with Crippen LogP contribution in [-0.2, 0) is 9.59 Å².